The van der Waals surface area contributed by atoms with Crippen LogP contribution in [0.5, 0.6) is 0 Å². The van der Waals surface area contributed by atoms with E-state index in [1.54, 1.807) is 0 Å². The Kier molecular flexibility index (Phi) is 3.38. The van der Waals surface area contributed by atoms with Gasteiger partial charge in [0.15, 0.2) is 0 Å². The predicted molar refractivity (Wildman–Crippen MR) is 60.8 cm³/mol. The second kappa shape index (κ2) is 4.81. The number of benzene rings is 1. The van der Waals surface area contributed by atoms with Crippen LogP contribution in [0.2, 0.25) is 0 Å². The van der Waals surface area contributed by atoms with Crippen molar-refractivity contribution in [1.82, 2.24) is 9.78 Å². The summed E-state index contributed by atoms with van der Waals surface area (Å²) in [5.41, 5.74) is 6.04. The zero-order valence-corrected chi connectivity index (χ0v) is 9.43. The van der Waals surface area contributed by atoms with Gasteiger partial charge in [-0.05, 0) is 5.56 Å². The van der Waals surface area contributed by atoms with E-state index >= 15 is 0 Å². The highest BCUT2D eigenvalue weighted by molar-refractivity contribution is 5.17. The van der Waals surface area contributed by atoms with E-state index in [9.17, 15) is 13.2 Å². The van der Waals surface area contributed by atoms with E-state index in [2.05, 4.69) is 5.10 Å². The Balaban J connectivity index is 2.12. The topological polar surface area (TPSA) is 43.8 Å². The molecule has 18 heavy (non-hydrogen) atoms. The lowest BCUT2D eigenvalue weighted by Crippen LogP contribution is -2.28. The molecule has 1 unspecified atom stereocenters. The van der Waals surface area contributed by atoms with Crippen LogP contribution in [-0.4, -0.2) is 16.0 Å². The van der Waals surface area contributed by atoms with Crippen molar-refractivity contribution < 1.29 is 13.2 Å². The molecule has 3 nitrogen and oxygen atoms in total. The van der Waals surface area contributed by atoms with Crippen LogP contribution in [0.3, 0.4) is 0 Å². The lowest BCUT2D eigenvalue weighted by atomic mass is 10.2. The van der Waals surface area contributed by atoms with Gasteiger partial charge in [0, 0.05) is 11.8 Å². The third-order valence-corrected chi connectivity index (χ3v) is 2.55. The van der Waals surface area contributed by atoms with E-state index in [0.717, 1.165) is 11.8 Å². The minimum Gasteiger partial charge on any atom is -0.316 e. The predicted octanol–water partition coefficient (Wildman–Crippen LogP) is 2.49. The van der Waals surface area contributed by atoms with Gasteiger partial charge < -0.3 is 5.73 Å². The molecule has 0 radical (unpaired) electrons. The summed E-state index contributed by atoms with van der Waals surface area (Å²) in [4.78, 5) is 0. The Morgan fingerprint density at radius 1 is 1.22 bits per heavy atom. The molecular formula is C12H12F3N3. The first-order chi connectivity index (χ1) is 8.47. The van der Waals surface area contributed by atoms with E-state index in [1.165, 1.54) is 10.9 Å². The highest BCUT2D eigenvalue weighted by Gasteiger charge is 2.38. The average Bonchev–Trinajstić information content (AvgIpc) is 2.76. The minimum absolute atomic E-state index is 0.0292. The van der Waals surface area contributed by atoms with Gasteiger partial charge in [-0.3, -0.25) is 4.68 Å². The molecule has 0 saturated carbocycles. The molecule has 1 atom stereocenters. The summed E-state index contributed by atoms with van der Waals surface area (Å²) in [6.45, 7) is 0.422. The van der Waals surface area contributed by atoms with Crippen LogP contribution in [0, 0.1) is 0 Å². The highest BCUT2D eigenvalue weighted by Crippen LogP contribution is 2.29. The van der Waals surface area contributed by atoms with Crippen molar-refractivity contribution in [3.05, 3.63) is 53.9 Å². The fourth-order valence-corrected chi connectivity index (χ4v) is 1.59. The Morgan fingerprint density at radius 2 is 1.89 bits per heavy atom. The third-order valence-electron chi connectivity index (χ3n) is 2.55. The standard InChI is InChI=1S/C12H12F3N3/c13-12(14,15)11(16)10-6-17-18(8-10)7-9-4-2-1-3-5-9/h1-6,8,11H,7,16H2. The summed E-state index contributed by atoms with van der Waals surface area (Å²) in [6.07, 6.45) is -1.97. The Bertz CT molecular complexity index is 505. The second-order valence-electron chi connectivity index (χ2n) is 3.98. The molecule has 0 aliphatic carbocycles. The molecule has 0 amide bonds. The zero-order chi connectivity index (χ0) is 13.2. The SMILES string of the molecule is NC(c1cnn(Cc2ccccc2)c1)C(F)(F)F. The Morgan fingerprint density at radius 3 is 2.50 bits per heavy atom. The largest absolute Gasteiger partial charge is 0.407 e. The summed E-state index contributed by atoms with van der Waals surface area (Å²) in [7, 11) is 0. The first-order valence-electron chi connectivity index (χ1n) is 5.35. The van der Waals surface area contributed by atoms with Crippen molar-refractivity contribution >= 4 is 0 Å². The summed E-state index contributed by atoms with van der Waals surface area (Å²) in [5.74, 6) is 0. The van der Waals surface area contributed by atoms with Crippen LogP contribution in [0.25, 0.3) is 0 Å². The van der Waals surface area contributed by atoms with Crippen LogP contribution in [0.1, 0.15) is 17.2 Å². The monoisotopic (exact) mass is 255 g/mol. The molecule has 0 spiro atoms. The molecule has 96 valence electrons. The maximum Gasteiger partial charge on any atom is 0.407 e. The van der Waals surface area contributed by atoms with Gasteiger partial charge in [-0.1, -0.05) is 30.3 Å². The molecule has 1 heterocycles. The number of hydrogen-bond donors (Lipinski definition) is 1. The molecule has 0 aliphatic heterocycles. The first kappa shape index (κ1) is 12.6. The Labute approximate surface area is 102 Å². The molecule has 1 aromatic carbocycles. The van der Waals surface area contributed by atoms with Crippen LogP contribution >= 0.6 is 0 Å². The lowest BCUT2D eigenvalue weighted by molar-refractivity contribution is -0.149. The molecular weight excluding hydrogens is 243 g/mol. The molecule has 0 bridgehead atoms. The summed E-state index contributed by atoms with van der Waals surface area (Å²) in [5, 5.41) is 3.88. The maximum absolute atomic E-state index is 12.4. The minimum atomic E-state index is -4.44. The molecule has 2 aromatic rings. The first-order valence-corrected chi connectivity index (χ1v) is 5.35. The van der Waals surface area contributed by atoms with Crippen LogP contribution in [-0.2, 0) is 6.54 Å². The third kappa shape index (κ3) is 2.89. The van der Waals surface area contributed by atoms with Gasteiger partial charge in [-0.2, -0.15) is 18.3 Å². The molecule has 2 rings (SSSR count). The van der Waals surface area contributed by atoms with Gasteiger partial charge in [-0.15, -0.1) is 0 Å². The van der Waals surface area contributed by atoms with Crippen molar-refractivity contribution in [2.75, 3.05) is 0 Å². The smallest absolute Gasteiger partial charge is 0.316 e. The summed E-state index contributed by atoms with van der Waals surface area (Å²) >= 11 is 0. The number of nitrogens with two attached hydrogens (primary N) is 1. The fourth-order valence-electron chi connectivity index (χ4n) is 1.59. The molecule has 2 N–H and O–H groups in total. The highest BCUT2D eigenvalue weighted by atomic mass is 19.4. The van der Waals surface area contributed by atoms with Crippen molar-refractivity contribution in [3.63, 3.8) is 0 Å². The molecule has 0 fully saturated rings. The fraction of sp³-hybridized carbons (Fsp3) is 0.250. The van der Waals surface area contributed by atoms with Gasteiger partial charge in [0.05, 0.1) is 12.7 Å². The summed E-state index contributed by atoms with van der Waals surface area (Å²) in [6, 6.07) is 7.37. The molecule has 0 saturated heterocycles. The van der Waals surface area contributed by atoms with Crippen LogP contribution < -0.4 is 5.73 Å². The van der Waals surface area contributed by atoms with Gasteiger partial charge in [0.25, 0.3) is 0 Å². The van der Waals surface area contributed by atoms with E-state index < -0.39 is 12.2 Å². The van der Waals surface area contributed by atoms with E-state index in [1.807, 2.05) is 30.3 Å². The number of halogens is 3. The maximum atomic E-state index is 12.4. The normalized spacial score (nSPS) is 13.6. The van der Waals surface area contributed by atoms with Gasteiger partial charge in [-0.25, -0.2) is 0 Å². The lowest BCUT2D eigenvalue weighted by Gasteiger charge is -2.13. The number of nitrogens with zero attached hydrogens (tertiary/aromatic N) is 2. The zero-order valence-electron chi connectivity index (χ0n) is 9.43. The van der Waals surface area contributed by atoms with Crippen molar-refractivity contribution in [1.29, 1.82) is 0 Å². The van der Waals surface area contributed by atoms with E-state index in [0.29, 0.717) is 6.54 Å². The molecule has 6 heteroatoms. The number of hydrogen-bond acceptors (Lipinski definition) is 2. The Hall–Kier alpha value is -1.82. The van der Waals surface area contributed by atoms with Crippen molar-refractivity contribution in [3.8, 4) is 0 Å². The van der Waals surface area contributed by atoms with Crippen molar-refractivity contribution in [2.45, 2.75) is 18.8 Å². The number of alkyl halides is 3. The second-order valence-corrected chi connectivity index (χ2v) is 3.98. The molecule has 1 aromatic heterocycles. The van der Waals surface area contributed by atoms with Crippen LogP contribution in [0.4, 0.5) is 13.2 Å². The van der Waals surface area contributed by atoms with Crippen molar-refractivity contribution in [2.24, 2.45) is 5.73 Å². The number of aromatic nitrogens is 2. The number of rotatable bonds is 3. The molecule has 0 aliphatic rings. The average molecular weight is 255 g/mol. The van der Waals surface area contributed by atoms with E-state index in [4.69, 9.17) is 5.73 Å². The van der Waals surface area contributed by atoms with Crippen LogP contribution in [0.15, 0.2) is 42.7 Å². The van der Waals surface area contributed by atoms with Gasteiger partial charge in [0.1, 0.15) is 6.04 Å². The quantitative estimate of drug-likeness (QED) is 0.915. The van der Waals surface area contributed by atoms with Gasteiger partial charge >= 0.3 is 6.18 Å². The van der Waals surface area contributed by atoms with Gasteiger partial charge in [0.2, 0.25) is 0 Å². The summed E-state index contributed by atoms with van der Waals surface area (Å²) < 4.78 is 38.7. The van der Waals surface area contributed by atoms with E-state index in [-0.39, 0.29) is 5.56 Å².